The molecule has 0 aliphatic carbocycles. The maximum atomic E-state index is 12.6. The molecule has 11 heteroatoms. The predicted molar refractivity (Wildman–Crippen MR) is 130 cm³/mol. The summed E-state index contributed by atoms with van der Waals surface area (Å²) in [6.45, 7) is 1.20. The molecule has 3 rings (SSSR count). The van der Waals surface area contributed by atoms with E-state index in [2.05, 4.69) is 15.8 Å². The Morgan fingerprint density at radius 3 is 2.53 bits per heavy atom. The normalized spacial score (nSPS) is 11.5. The Morgan fingerprint density at radius 1 is 1.11 bits per heavy atom. The summed E-state index contributed by atoms with van der Waals surface area (Å²) < 4.78 is 48.9. The Labute approximate surface area is 210 Å². The molecule has 0 saturated carbocycles. The standard InChI is InChI=1S/C25H23ClF3N3O4/c1-35-23-13-20(36-11-10-30-14-16-2-6-19(7-3-16)25(27,28)29)8-4-18(23)15-31-32-24(34)17-5-9-22(33)21(26)12-17/h2-9,12-13,15,30,33H,10-11,14H2,1H3,(H,32,34). The summed E-state index contributed by atoms with van der Waals surface area (Å²) in [6, 6.07) is 14.1. The third-order valence-corrected chi connectivity index (χ3v) is 5.25. The molecule has 7 nitrogen and oxygen atoms in total. The minimum absolute atomic E-state index is 0.0543. The molecule has 0 unspecified atom stereocenters. The van der Waals surface area contributed by atoms with Crippen LogP contribution in [0.3, 0.4) is 0 Å². The molecule has 0 atom stereocenters. The SMILES string of the molecule is COc1cc(OCCNCc2ccc(C(F)(F)F)cc2)ccc1C=NNC(=O)c1ccc(O)c(Cl)c1. The topological polar surface area (TPSA) is 92.2 Å². The lowest BCUT2D eigenvalue weighted by Gasteiger charge is -2.11. The highest BCUT2D eigenvalue weighted by molar-refractivity contribution is 6.32. The minimum Gasteiger partial charge on any atom is -0.506 e. The number of nitrogens with one attached hydrogen (secondary N) is 2. The molecule has 3 aromatic carbocycles. The second-order valence-corrected chi connectivity index (χ2v) is 7.90. The Morgan fingerprint density at radius 2 is 1.86 bits per heavy atom. The van der Waals surface area contributed by atoms with Crippen LogP contribution in [0.4, 0.5) is 13.2 Å². The van der Waals surface area contributed by atoms with Crippen LogP contribution in [0.1, 0.15) is 27.0 Å². The number of aromatic hydroxyl groups is 1. The summed E-state index contributed by atoms with van der Waals surface area (Å²) in [4.78, 5) is 12.2. The Hall–Kier alpha value is -3.76. The van der Waals surface area contributed by atoms with Crippen molar-refractivity contribution in [3.8, 4) is 17.2 Å². The number of ether oxygens (including phenoxy) is 2. The molecule has 0 heterocycles. The molecule has 0 aromatic heterocycles. The Bertz CT molecular complexity index is 1220. The van der Waals surface area contributed by atoms with E-state index >= 15 is 0 Å². The van der Waals surface area contributed by atoms with E-state index < -0.39 is 17.6 Å². The van der Waals surface area contributed by atoms with Crippen LogP contribution in [0.5, 0.6) is 17.2 Å². The second-order valence-electron chi connectivity index (χ2n) is 7.49. The van der Waals surface area contributed by atoms with Crippen LogP contribution < -0.4 is 20.2 Å². The maximum Gasteiger partial charge on any atom is 0.416 e. The van der Waals surface area contributed by atoms with Crippen LogP contribution in [0.2, 0.25) is 5.02 Å². The number of phenols is 1. The van der Waals surface area contributed by atoms with Gasteiger partial charge >= 0.3 is 6.18 Å². The van der Waals surface area contributed by atoms with Gasteiger partial charge in [0.2, 0.25) is 0 Å². The molecule has 0 saturated heterocycles. The fourth-order valence-corrected chi connectivity index (χ4v) is 3.23. The first kappa shape index (κ1) is 26.8. The zero-order valence-corrected chi connectivity index (χ0v) is 19.9. The molecule has 0 spiro atoms. The number of hydrogen-bond acceptors (Lipinski definition) is 6. The second kappa shape index (κ2) is 12.3. The van der Waals surface area contributed by atoms with E-state index in [0.717, 1.165) is 17.7 Å². The Balaban J connectivity index is 1.46. The zero-order chi connectivity index (χ0) is 26.1. The third kappa shape index (κ3) is 7.62. The first-order valence-corrected chi connectivity index (χ1v) is 11.0. The first-order chi connectivity index (χ1) is 17.2. The van der Waals surface area contributed by atoms with Crippen molar-refractivity contribution in [2.45, 2.75) is 12.7 Å². The van der Waals surface area contributed by atoms with Gasteiger partial charge in [0.05, 0.1) is 23.9 Å². The Kier molecular flexibility index (Phi) is 9.15. The number of carbonyl (C=O) groups is 1. The number of nitrogens with zero attached hydrogens (tertiary/aromatic N) is 1. The van der Waals surface area contributed by atoms with Crippen molar-refractivity contribution in [3.63, 3.8) is 0 Å². The van der Waals surface area contributed by atoms with E-state index in [0.29, 0.717) is 36.8 Å². The number of benzene rings is 3. The van der Waals surface area contributed by atoms with Crippen molar-refractivity contribution in [1.82, 2.24) is 10.7 Å². The molecule has 0 fully saturated rings. The highest BCUT2D eigenvalue weighted by atomic mass is 35.5. The highest BCUT2D eigenvalue weighted by Crippen LogP contribution is 2.29. The quantitative estimate of drug-likeness (QED) is 0.198. The molecular weight excluding hydrogens is 499 g/mol. The fourth-order valence-electron chi connectivity index (χ4n) is 3.05. The molecule has 3 aromatic rings. The van der Waals surface area contributed by atoms with Crippen molar-refractivity contribution in [2.24, 2.45) is 5.10 Å². The van der Waals surface area contributed by atoms with Crippen molar-refractivity contribution in [3.05, 3.63) is 87.9 Å². The number of rotatable bonds is 10. The highest BCUT2D eigenvalue weighted by Gasteiger charge is 2.29. The molecule has 1 amide bonds. The number of carbonyl (C=O) groups excluding carboxylic acids is 1. The van der Waals surface area contributed by atoms with Gasteiger partial charge in [-0.15, -0.1) is 0 Å². The van der Waals surface area contributed by atoms with Gasteiger partial charge in [-0.3, -0.25) is 4.79 Å². The number of methoxy groups -OCH3 is 1. The minimum atomic E-state index is -4.35. The summed E-state index contributed by atoms with van der Waals surface area (Å²) in [5.41, 5.74) is 3.25. The van der Waals surface area contributed by atoms with Gasteiger partial charge in [-0.25, -0.2) is 5.43 Å². The summed E-state index contributed by atoms with van der Waals surface area (Å²) in [6.07, 6.45) is -2.94. The van der Waals surface area contributed by atoms with E-state index in [-0.39, 0.29) is 16.3 Å². The number of phenolic OH excluding ortho intramolecular Hbond substituents is 1. The molecule has 0 aliphatic heterocycles. The number of amides is 1. The van der Waals surface area contributed by atoms with Gasteiger partial charge in [-0.2, -0.15) is 18.3 Å². The maximum absolute atomic E-state index is 12.6. The number of halogens is 4. The van der Waals surface area contributed by atoms with Crippen LogP contribution >= 0.6 is 11.6 Å². The predicted octanol–water partition coefficient (Wildman–Crippen LogP) is 5.01. The zero-order valence-electron chi connectivity index (χ0n) is 19.1. The third-order valence-electron chi connectivity index (χ3n) is 4.94. The number of hydrazone groups is 1. The average molecular weight is 522 g/mol. The average Bonchev–Trinajstić information content (AvgIpc) is 2.85. The van der Waals surface area contributed by atoms with Gasteiger partial charge in [0, 0.05) is 30.3 Å². The lowest BCUT2D eigenvalue weighted by atomic mass is 10.1. The van der Waals surface area contributed by atoms with E-state index in [4.69, 9.17) is 21.1 Å². The van der Waals surface area contributed by atoms with Gasteiger partial charge in [-0.05, 0) is 48.0 Å². The summed E-state index contributed by atoms with van der Waals surface area (Å²) in [5.74, 6) is 0.383. The van der Waals surface area contributed by atoms with Crippen LogP contribution in [-0.4, -0.2) is 37.5 Å². The first-order valence-electron chi connectivity index (χ1n) is 10.7. The van der Waals surface area contributed by atoms with Gasteiger partial charge < -0.3 is 19.9 Å². The van der Waals surface area contributed by atoms with E-state index in [1.54, 1.807) is 18.2 Å². The molecular formula is C25H23ClF3N3O4. The van der Waals surface area contributed by atoms with Crippen LogP contribution in [0.25, 0.3) is 0 Å². The number of alkyl halides is 3. The van der Waals surface area contributed by atoms with E-state index in [1.165, 1.54) is 43.7 Å². The fraction of sp³-hybridized carbons (Fsp3) is 0.200. The molecule has 36 heavy (non-hydrogen) atoms. The molecule has 3 N–H and O–H groups in total. The van der Waals surface area contributed by atoms with Crippen molar-refractivity contribution in [2.75, 3.05) is 20.3 Å². The summed E-state index contributed by atoms with van der Waals surface area (Å²) in [5, 5.41) is 16.5. The van der Waals surface area contributed by atoms with Crippen molar-refractivity contribution in [1.29, 1.82) is 0 Å². The van der Waals surface area contributed by atoms with Crippen molar-refractivity contribution >= 4 is 23.7 Å². The largest absolute Gasteiger partial charge is 0.506 e. The monoisotopic (exact) mass is 521 g/mol. The lowest BCUT2D eigenvalue weighted by molar-refractivity contribution is -0.137. The van der Waals surface area contributed by atoms with Gasteiger partial charge in [0.15, 0.2) is 0 Å². The van der Waals surface area contributed by atoms with Crippen LogP contribution in [-0.2, 0) is 12.7 Å². The molecule has 0 aliphatic rings. The van der Waals surface area contributed by atoms with Crippen LogP contribution in [0.15, 0.2) is 65.8 Å². The molecule has 0 radical (unpaired) electrons. The van der Waals surface area contributed by atoms with Gasteiger partial charge in [0.1, 0.15) is 23.9 Å². The summed E-state index contributed by atoms with van der Waals surface area (Å²) in [7, 11) is 1.49. The summed E-state index contributed by atoms with van der Waals surface area (Å²) >= 11 is 5.81. The molecule has 190 valence electrons. The van der Waals surface area contributed by atoms with E-state index in [9.17, 15) is 23.1 Å². The van der Waals surface area contributed by atoms with Crippen molar-refractivity contribution < 1.29 is 32.5 Å². The smallest absolute Gasteiger partial charge is 0.416 e. The van der Waals surface area contributed by atoms with Gasteiger partial charge in [-0.1, -0.05) is 23.7 Å². The van der Waals surface area contributed by atoms with Crippen LogP contribution in [0, 0.1) is 0 Å². The van der Waals surface area contributed by atoms with E-state index in [1.807, 2.05) is 0 Å². The molecule has 0 bridgehead atoms. The number of hydrogen-bond donors (Lipinski definition) is 3. The van der Waals surface area contributed by atoms with Gasteiger partial charge in [0.25, 0.3) is 5.91 Å². The lowest BCUT2D eigenvalue weighted by Crippen LogP contribution is -2.20.